The second kappa shape index (κ2) is 12.0. The largest absolute Gasteiger partial charge is 0.503 e. The first kappa shape index (κ1) is 29.6. The average Bonchev–Trinajstić information content (AvgIpc) is 3.43. The van der Waals surface area contributed by atoms with Crippen molar-refractivity contribution >= 4 is 22.4 Å². The summed E-state index contributed by atoms with van der Waals surface area (Å²) in [6.07, 6.45) is 1.79. The van der Waals surface area contributed by atoms with Crippen molar-refractivity contribution in [2.75, 3.05) is 4.90 Å². The summed E-state index contributed by atoms with van der Waals surface area (Å²) >= 11 is 0. The Balaban J connectivity index is 0.00000338. The van der Waals surface area contributed by atoms with Crippen molar-refractivity contribution in [1.82, 2.24) is 14.5 Å². The molecule has 0 atom stereocenters. The molecule has 0 radical (unpaired) electrons. The SMILES string of the molecule is Cc1cc(C)c(-c2cc(Oc3[c-]c(-c4ccccn4)ccc3)[c-]c(N3[CH-]n4c(nc5ccccc54)-c4ccccc43)c2)c(C)c1.[Pt]. The van der Waals surface area contributed by atoms with Gasteiger partial charge in [-0.25, -0.2) is 0 Å². The van der Waals surface area contributed by atoms with Crippen molar-refractivity contribution in [3.05, 3.63) is 151 Å². The van der Waals surface area contributed by atoms with Gasteiger partial charge in [0, 0.05) is 55.8 Å². The predicted molar refractivity (Wildman–Crippen MR) is 181 cm³/mol. The van der Waals surface area contributed by atoms with Gasteiger partial charge in [0.15, 0.2) is 0 Å². The van der Waals surface area contributed by atoms with Gasteiger partial charge in [0.2, 0.25) is 0 Å². The Morgan fingerprint density at radius 1 is 0.739 bits per heavy atom. The number of fused-ring (bicyclic) bond motifs is 5. The Hall–Kier alpha value is -5.12. The molecule has 3 heterocycles. The molecule has 0 aliphatic carbocycles. The summed E-state index contributed by atoms with van der Waals surface area (Å²) in [5.41, 5.74) is 12.6. The third-order valence-electron chi connectivity index (χ3n) is 8.22. The topological polar surface area (TPSA) is 43.2 Å². The van der Waals surface area contributed by atoms with Crippen molar-refractivity contribution in [2.24, 2.45) is 0 Å². The smallest absolute Gasteiger partial charge is 0.0421 e. The number of benzene rings is 5. The standard InChI is InChI=1S/C40H29N4O.Pt/c1-26-19-27(2)39(28(3)20-26)30-21-31(24-33(23-30)45-32-12-10-11-29(22-32)35-14-8-9-18-41-35)43-25-44-38-17-7-5-15-36(38)42-40(44)34-13-4-6-16-37(34)43;/h4-21,23,25H,1-3H3;/q-3;. The normalized spacial score (nSPS) is 11.8. The number of rotatable bonds is 5. The Bertz CT molecular complexity index is 2200. The molecule has 0 unspecified atom stereocenters. The van der Waals surface area contributed by atoms with Gasteiger partial charge < -0.3 is 24.2 Å². The van der Waals surface area contributed by atoms with E-state index in [0.29, 0.717) is 11.5 Å². The van der Waals surface area contributed by atoms with E-state index in [1.807, 2.05) is 48.5 Å². The number of para-hydroxylation sites is 3. The van der Waals surface area contributed by atoms with Crippen LogP contribution in [0.2, 0.25) is 0 Å². The Morgan fingerprint density at radius 3 is 2.35 bits per heavy atom. The van der Waals surface area contributed by atoms with Gasteiger partial charge in [0.05, 0.1) is 0 Å². The van der Waals surface area contributed by atoms with E-state index in [1.54, 1.807) is 6.20 Å². The Labute approximate surface area is 283 Å². The van der Waals surface area contributed by atoms with Crippen LogP contribution in [0.1, 0.15) is 16.7 Å². The minimum Gasteiger partial charge on any atom is -0.503 e. The molecule has 5 aromatic carbocycles. The summed E-state index contributed by atoms with van der Waals surface area (Å²) in [6, 6.07) is 44.1. The Kier molecular flexibility index (Phi) is 7.72. The number of aryl methyl sites for hydroxylation is 3. The minimum atomic E-state index is 0. The molecule has 0 saturated carbocycles. The van der Waals surface area contributed by atoms with E-state index in [2.05, 4.69) is 115 Å². The Morgan fingerprint density at radius 2 is 1.52 bits per heavy atom. The van der Waals surface area contributed by atoms with E-state index in [4.69, 9.17) is 9.72 Å². The monoisotopic (exact) mass is 776 g/mol. The molecule has 1 aliphatic rings. The van der Waals surface area contributed by atoms with Gasteiger partial charge in [-0.15, -0.1) is 47.5 Å². The van der Waals surface area contributed by atoms with Crippen LogP contribution in [0, 0.1) is 39.6 Å². The second-order valence-electron chi connectivity index (χ2n) is 11.4. The van der Waals surface area contributed by atoms with Crippen molar-refractivity contribution in [2.45, 2.75) is 20.8 Å². The second-order valence-corrected chi connectivity index (χ2v) is 11.4. The maximum absolute atomic E-state index is 6.55. The molecule has 228 valence electrons. The minimum absolute atomic E-state index is 0. The van der Waals surface area contributed by atoms with Gasteiger partial charge in [-0.1, -0.05) is 78.0 Å². The number of imidazole rings is 1. The van der Waals surface area contributed by atoms with Crippen LogP contribution in [0.25, 0.3) is 44.8 Å². The molecule has 7 aromatic rings. The van der Waals surface area contributed by atoms with Crippen molar-refractivity contribution in [3.8, 4) is 45.3 Å². The molecule has 2 aromatic heterocycles. The molecule has 1 aliphatic heterocycles. The summed E-state index contributed by atoms with van der Waals surface area (Å²) in [5, 5.41) is 0. The summed E-state index contributed by atoms with van der Waals surface area (Å²) in [6.45, 7) is 8.58. The van der Waals surface area contributed by atoms with Crippen molar-refractivity contribution < 1.29 is 25.8 Å². The van der Waals surface area contributed by atoms with Crippen LogP contribution in [-0.2, 0) is 21.1 Å². The van der Waals surface area contributed by atoms with Crippen LogP contribution in [0.5, 0.6) is 11.5 Å². The first-order valence-corrected chi connectivity index (χ1v) is 15.0. The van der Waals surface area contributed by atoms with E-state index in [9.17, 15) is 0 Å². The first-order chi connectivity index (χ1) is 22.0. The molecular formula is C40H29N4OPt-3. The van der Waals surface area contributed by atoms with Crippen molar-refractivity contribution in [3.63, 3.8) is 0 Å². The molecule has 0 N–H and O–H groups in total. The van der Waals surface area contributed by atoms with Crippen molar-refractivity contribution in [1.29, 1.82) is 0 Å². The van der Waals surface area contributed by atoms with Gasteiger partial charge in [0.1, 0.15) is 0 Å². The van der Waals surface area contributed by atoms with Crippen LogP contribution < -0.4 is 9.64 Å². The third-order valence-corrected chi connectivity index (χ3v) is 8.22. The fourth-order valence-electron chi connectivity index (χ4n) is 6.38. The summed E-state index contributed by atoms with van der Waals surface area (Å²) in [5.74, 6) is 2.12. The predicted octanol–water partition coefficient (Wildman–Crippen LogP) is 9.87. The molecule has 5 nitrogen and oxygen atoms in total. The first-order valence-electron chi connectivity index (χ1n) is 15.0. The molecule has 46 heavy (non-hydrogen) atoms. The number of hydrogen-bond donors (Lipinski definition) is 0. The average molecular weight is 777 g/mol. The van der Waals surface area contributed by atoms with E-state index in [-0.39, 0.29) is 21.1 Å². The third kappa shape index (κ3) is 5.27. The zero-order valence-corrected chi connectivity index (χ0v) is 27.8. The molecule has 0 saturated heterocycles. The number of anilines is 2. The van der Waals surface area contributed by atoms with Gasteiger partial charge in [-0.3, -0.25) is 0 Å². The van der Waals surface area contributed by atoms with Crippen LogP contribution >= 0.6 is 0 Å². The number of aromatic nitrogens is 3. The van der Waals surface area contributed by atoms with Gasteiger partial charge in [-0.05, 0) is 79.1 Å². The molecule has 0 bridgehead atoms. The van der Waals surface area contributed by atoms with Crippen LogP contribution in [0.15, 0.2) is 115 Å². The summed E-state index contributed by atoms with van der Waals surface area (Å²) in [7, 11) is 0. The number of ether oxygens (including phenoxy) is 1. The molecular weight excluding hydrogens is 748 g/mol. The van der Waals surface area contributed by atoms with Crippen LogP contribution in [-0.4, -0.2) is 14.5 Å². The zero-order chi connectivity index (χ0) is 30.5. The van der Waals surface area contributed by atoms with E-state index < -0.39 is 0 Å². The van der Waals surface area contributed by atoms with Gasteiger partial charge >= 0.3 is 0 Å². The van der Waals surface area contributed by atoms with Crippen LogP contribution in [0.4, 0.5) is 11.4 Å². The molecule has 0 amide bonds. The number of hydrogen-bond acceptors (Lipinski definition) is 4. The number of nitrogens with zero attached hydrogens (tertiary/aromatic N) is 4. The summed E-state index contributed by atoms with van der Waals surface area (Å²) in [4.78, 5) is 11.7. The maximum Gasteiger partial charge on any atom is 0.0421 e. The van der Waals surface area contributed by atoms with Gasteiger partial charge in [-0.2, -0.15) is 0 Å². The van der Waals surface area contributed by atoms with Crippen LogP contribution in [0.3, 0.4) is 0 Å². The van der Waals surface area contributed by atoms with E-state index >= 15 is 0 Å². The molecule has 6 heteroatoms. The molecule has 8 rings (SSSR count). The zero-order valence-electron chi connectivity index (χ0n) is 25.6. The fraction of sp³-hybridized carbons (Fsp3) is 0.0750. The molecule has 0 spiro atoms. The van der Waals surface area contributed by atoms with Gasteiger partial charge in [0.25, 0.3) is 0 Å². The summed E-state index contributed by atoms with van der Waals surface area (Å²) < 4.78 is 8.71. The maximum atomic E-state index is 6.55. The quantitative estimate of drug-likeness (QED) is 0.163. The van der Waals surface area contributed by atoms with E-state index in [1.165, 1.54) is 22.3 Å². The number of pyridine rings is 1. The fourth-order valence-corrected chi connectivity index (χ4v) is 6.38. The molecule has 0 fully saturated rings. The van der Waals surface area contributed by atoms with E-state index in [0.717, 1.165) is 50.6 Å².